The monoisotopic (exact) mass is 357 g/mol. The summed E-state index contributed by atoms with van der Waals surface area (Å²) >= 11 is 0. The van der Waals surface area contributed by atoms with Gasteiger partial charge in [0.15, 0.2) is 0 Å². The number of rotatable bonds is 7. The minimum Gasteiger partial charge on any atom is -0.575 e. The smallest absolute Gasteiger partial charge is 0.569 e. The van der Waals surface area contributed by atoms with Crippen LogP contribution in [0.15, 0.2) is 48.5 Å². The zero-order chi connectivity index (χ0) is 17.7. The minimum atomic E-state index is -2.81. The van der Waals surface area contributed by atoms with E-state index < -0.39 is 22.7 Å². The van der Waals surface area contributed by atoms with Crippen molar-refractivity contribution in [1.82, 2.24) is 0 Å². The highest BCUT2D eigenvalue weighted by Gasteiger charge is 2.31. The Hall–Kier alpha value is -2.06. The number of aryl methyl sites for hydroxylation is 2. The summed E-state index contributed by atoms with van der Waals surface area (Å²) in [5.74, 6) is 0. The summed E-state index contributed by atoms with van der Waals surface area (Å²) in [6, 6.07) is 15.4. The van der Waals surface area contributed by atoms with Gasteiger partial charge in [0.05, 0.1) is 5.56 Å². The minimum absolute atomic E-state index is 0.357. The van der Waals surface area contributed by atoms with E-state index in [1.54, 1.807) is 6.07 Å². The van der Waals surface area contributed by atoms with Crippen LogP contribution in [0.4, 0.5) is 5.69 Å². The Labute approximate surface area is 145 Å². The molecule has 0 fully saturated rings. The van der Waals surface area contributed by atoms with Crippen LogP contribution in [0.2, 0.25) is 19.6 Å². The van der Waals surface area contributed by atoms with E-state index in [0.717, 1.165) is 12.0 Å². The van der Waals surface area contributed by atoms with E-state index in [-0.39, 0.29) is 0 Å². The summed E-state index contributed by atoms with van der Waals surface area (Å²) < 4.78 is 17.8. The standard InChI is InChI=1S/C18H23NO3Si2/c1-24(2,3)22-23(21)18(20)17-15(10-7-11-16(17)19)13-12-14-8-5-4-6-9-14/h4-11H,12-13,19H2,1-3H3. The molecule has 2 rings (SSSR count). The molecule has 0 amide bonds. The van der Waals surface area contributed by atoms with E-state index in [4.69, 9.17) is 9.85 Å². The fourth-order valence-electron chi connectivity index (χ4n) is 2.46. The molecular weight excluding hydrogens is 334 g/mol. The fourth-order valence-corrected chi connectivity index (χ4v) is 5.56. The maximum absolute atomic E-state index is 12.6. The number of hydrogen-bond donors (Lipinski definition) is 1. The molecule has 2 N–H and O–H groups in total. The van der Waals surface area contributed by atoms with Crippen molar-refractivity contribution in [3.05, 3.63) is 65.2 Å². The molecule has 4 nitrogen and oxygen atoms in total. The van der Waals surface area contributed by atoms with Crippen LogP contribution in [0.5, 0.6) is 0 Å². The Balaban J connectivity index is 2.23. The molecule has 0 aliphatic rings. The molecule has 2 aromatic carbocycles. The number of benzene rings is 2. The Morgan fingerprint density at radius 1 is 1.04 bits per heavy atom. The van der Waals surface area contributed by atoms with E-state index in [1.165, 1.54) is 5.56 Å². The van der Waals surface area contributed by atoms with Gasteiger partial charge in [0, 0.05) is 5.69 Å². The maximum Gasteiger partial charge on any atom is 0.569 e. The lowest BCUT2D eigenvalue weighted by Crippen LogP contribution is -2.35. The van der Waals surface area contributed by atoms with Crippen molar-refractivity contribution in [2.24, 2.45) is 0 Å². The molecule has 0 atom stereocenters. The van der Waals surface area contributed by atoms with E-state index in [0.29, 0.717) is 17.7 Å². The lowest BCUT2D eigenvalue weighted by molar-refractivity contribution is 0.105. The van der Waals surface area contributed by atoms with Crippen molar-refractivity contribution in [3.8, 4) is 0 Å². The van der Waals surface area contributed by atoms with Crippen LogP contribution >= 0.6 is 0 Å². The summed E-state index contributed by atoms with van der Waals surface area (Å²) in [4.78, 5) is 12.6. The van der Waals surface area contributed by atoms with Gasteiger partial charge in [0.25, 0.3) is 0 Å². The Morgan fingerprint density at radius 2 is 1.71 bits per heavy atom. The first-order valence-electron chi connectivity index (χ1n) is 7.97. The third-order valence-corrected chi connectivity index (χ3v) is 7.33. The fraction of sp³-hybridized carbons (Fsp3) is 0.278. The molecule has 0 unspecified atom stereocenters. The molecule has 2 aromatic rings. The van der Waals surface area contributed by atoms with Crippen molar-refractivity contribution in [2.75, 3.05) is 5.73 Å². The van der Waals surface area contributed by atoms with Crippen LogP contribution in [0.1, 0.15) is 21.5 Å². The summed E-state index contributed by atoms with van der Waals surface area (Å²) in [5.41, 5.74) is 8.73. The van der Waals surface area contributed by atoms with Crippen molar-refractivity contribution < 1.29 is 13.4 Å². The topological polar surface area (TPSA) is 69.4 Å². The van der Waals surface area contributed by atoms with E-state index in [1.807, 2.05) is 62.1 Å². The summed E-state index contributed by atoms with van der Waals surface area (Å²) in [5, 5.41) is -0.469. The molecule has 0 radical (unpaired) electrons. The number of anilines is 1. The van der Waals surface area contributed by atoms with Gasteiger partial charge in [-0.3, -0.25) is 4.79 Å². The molecule has 24 heavy (non-hydrogen) atoms. The second kappa shape index (κ2) is 7.68. The van der Waals surface area contributed by atoms with Crippen molar-refractivity contribution in [1.29, 1.82) is 0 Å². The lowest BCUT2D eigenvalue weighted by atomic mass is 9.99. The second-order valence-corrected chi connectivity index (χ2v) is 12.8. The predicted octanol–water partition coefficient (Wildman–Crippen LogP) is 3.55. The number of nitrogen functional groups attached to an aromatic ring is 1. The zero-order valence-electron chi connectivity index (χ0n) is 14.3. The van der Waals surface area contributed by atoms with Gasteiger partial charge in [0.1, 0.15) is 0 Å². The first-order chi connectivity index (χ1) is 11.3. The van der Waals surface area contributed by atoms with Crippen molar-refractivity contribution >= 4 is 28.3 Å². The molecule has 0 bridgehead atoms. The van der Waals surface area contributed by atoms with Crippen molar-refractivity contribution in [3.63, 3.8) is 0 Å². The van der Waals surface area contributed by atoms with Crippen LogP contribution in [0.25, 0.3) is 0 Å². The predicted molar refractivity (Wildman–Crippen MR) is 99.9 cm³/mol. The average Bonchev–Trinajstić information content (AvgIpc) is 2.51. The SMILES string of the molecule is C[Si](C)(C)O[Si](=O)C(=O)c1c(N)cccc1CCc1ccccc1. The first kappa shape index (κ1) is 18.3. The van der Waals surface area contributed by atoms with E-state index >= 15 is 0 Å². The molecule has 6 heteroatoms. The van der Waals surface area contributed by atoms with Gasteiger partial charge < -0.3 is 14.3 Å². The molecule has 0 aliphatic heterocycles. The van der Waals surface area contributed by atoms with Crippen LogP contribution in [0, 0.1) is 0 Å². The molecule has 0 saturated heterocycles. The maximum atomic E-state index is 12.6. The van der Waals surface area contributed by atoms with Gasteiger partial charge in [-0.25, -0.2) is 0 Å². The normalized spacial score (nSPS) is 11.1. The molecule has 0 aromatic heterocycles. The number of hydrogen-bond acceptors (Lipinski definition) is 4. The lowest BCUT2D eigenvalue weighted by Gasteiger charge is -2.18. The van der Waals surface area contributed by atoms with Crippen LogP contribution in [0.3, 0.4) is 0 Å². The average molecular weight is 358 g/mol. The molecule has 0 spiro atoms. The highest BCUT2D eigenvalue weighted by molar-refractivity contribution is 6.86. The molecule has 126 valence electrons. The quantitative estimate of drug-likeness (QED) is 0.608. The highest BCUT2D eigenvalue weighted by Crippen LogP contribution is 2.21. The Kier molecular flexibility index (Phi) is 5.85. The number of carbonyl (C=O) groups excluding carboxylic acids is 1. The van der Waals surface area contributed by atoms with E-state index in [9.17, 15) is 9.26 Å². The van der Waals surface area contributed by atoms with Gasteiger partial charge in [-0.05, 0) is 49.7 Å². The summed E-state index contributed by atoms with van der Waals surface area (Å²) in [6.07, 6.45) is 1.46. The number of nitrogens with two attached hydrogens (primary N) is 1. The third-order valence-electron chi connectivity index (χ3n) is 3.52. The van der Waals surface area contributed by atoms with Gasteiger partial charge in [-0.15, -0.1) is 0 Å². The largest absolute Gasteiger partial charge is 0.575 e. The van der Waals surface area contributed by atoms with Crippen LogP contribution < -0.4 is 5.73 Å². The molecule has 0 saturated carbocycles. The Bertz CT molecular complexity index is 740. The van der Waals surface area contributed by atoms with Crippen molar-refractivity contribution in [2.45, 2.75) is 32.5 Å². The van der Waals surface area contributed by atoms with Gasteiger partial charge in [0.2, 0.25) is 13.7 Å². The highest BCUT2D eigenvalue weighted by atomic mass is 28.4. The molecular formula is C18H23NO3Si2. The first-order valence-corrected chi connectivity index (χ1v) is 12.7. The zero-order valence-corrected chi connectivity index (χ0v) is 16.3. The van der Waals surface area contributed by atoms with Crippen LogP contribution in [-0.2, 0) is 21.4 Å². The van der Waals surface area contributed by atoms with E-state index in [2.05, 4.69) is 0 Å². The second-order valence-electron chi connectivity index (χ2n) is 6.70. The molecule has 0 heterocycles. The number of carbonyl (C=O) groups is 1. The Morgan fingerprint density at radius 3 is 2.33 bits per heavy atom. The van der Waals surface area contributed by atoms with Crippen LogP contribution in [-0.4, -0.2) is 22.7 Å². The van der Waals surface area contributed by atoms with Gasteiger partial charge in [-0.1, -0.05) is 42.5 Å². The summed E-state index contributed by atoms with van der Waals surface area (Å²) in [6.45, 7) is 5.73. The van der Waals surface area contributed by atoms with Gasteiger partial charge >= 0.3 is 8.93 Å². The molecule has 0 aliphatic carbocycles. The summed E-state index contributed by atoms with van der Waals surface area (Å²) in [7, 11) is -4.86. The third kappa shape index (κ3) is 4.97. The van der Waals surface area contributed by atoms with Gasteiger partial charge in [-0.2, -0.15) is 0 Å².